The van der Waals surface area contributed by atoms with E-state index in [0.29, 0.717) is 24.4 Å². The molecule has 2 aliphatic carbocycles. The van der Waals surface area contributed by atoms with Crippen LogP contribution in [0.3, 0.4) is 0 Å². The molecule has 0 saturated heterocycles. The maximum Gasteiger partial charge on any atom is 0.240 e. The number of nitrogens with two attached hydrogens (primary N) is 1. The van der Waals surface area contributed by atoms with E-state index in [9.17, 15) is 8.42 Å². The van der Waals surface area contributed by atoms with Crippen LogP contribution in [0.25, 0.3) is 0 Å². The number of rotatable bonds is 7. The van der Waals surface area contributed by atoms with Crippen molar-refractivity contribution < 1.29 is 8.42 Å². The number of hydrogen-bond donors (Lipinski definition) is 2. The SMILES string of the molecule is CCc1ccc(CN)cc1S(=O)(=O)NCC1(C2CC2)CC1. The molecule has 0 atom stereocenters. The van der Waals surface area contributed by atoms with E-state index < -0.39 is 10.0 Å². The Hall–Kier alpha value is -0.910. The Balaban J connectivity index is 1.80. The molecule has 3 N–H and O–H groups in total. The number of benzene rings is 1. The second-order valence-electron chi connectivity index (χ2n) is 6.46. The highest BCUT2D eigenvalue weighted by molar-refractivity contribution is 7.89. The summed E-state index contributed by atoms with van der Waals surface area (Å²) < 4.78 is 28.1. The van der Waals surface area contributed by atoms with E-state index in [0.717, 1.165) is 17.0 Å². The molecule has 0 aliphatic heterocycles. The average Bonchev–Trinajstić information content (AvgIpc) is 3.37. The zero-order valence-electron chi connectivity index (χ0n) is 12.6. The lowest BCUT2D eigenvalue weighted by Gasteiger charge is -2.17. The van der Waals surface area contributed by atoms with Gasteiger partial charge in [0.15, 0.2) is 0 Å². The Kier molecular flexibility index (Phi) is 3.84. The third kappa shape index (κ3) is 3.00. The molecule has 0 amide bonds. The minimum Gasteiger partial charge on any atom is -0.326 e. The average molecular weight is 308 g/mol. The van der Waals surface area contributed by atoms with E-state index in [4.69, 9.17) is 5.73 Å². The van der Waals surface area contributed by atoms with Crippen LogP contribution in [-0.2, 0) is 23.0 Å². The highest BCUT2D eigenvalue weighted by Gasteiger charge is 2.53. The van der Waals surface area contributed by atoms with Gasteiger partial charge < -0.3 is 5.73 Å². The van der Waals surface area contributed by atoms with E-state index in [2.05, 4.69) is 4.72 Å². The third-order valence-corrected chi connectivity index (χ3v) is 6.47. The summed E-state index contributed by atoms with van der Waals surface area (Å²) in [6, 6.07) is 5.51. The minimum absolute atomic E-state index is 0.269. The molecule has 2 saturated carbocycles. The van der Waals surface area contributed by atoms with Gasteiger partial charge in [-0.15, -0.1) is 0 Å². The molecule has 2 aliphatic rings. The largest absolute Gasteiger partial charge is 0.326 e. The fourth-order valence-corrected chi connectivity index (χ4v) is 4.67. The number of hydrogen-bond acceptors (Lipinski definition) is 3. The minimum atomic E-state index is -3.44. The normalized spacial score (nSPS) is 20.5. The van der Waals surface area contributed by atoms with Gasteiger partial charge in [0.05, 0.1) is 4.90 Å². The van der Waals surface area contributed by atoms with Crippen LogP contribution < -0.4 is 10.5 Å². The van der Waals surface area contributed by atoms with Crippen LogP contribution >= 0.6 is 0 Å². The van der Waals surface area contributed by atoms with Crippen LogP contribution in [0.5, 0.6) is 0 Å². The van der Waals surface area contributed by atoms with Gasteiger partial charge in [-0.25, -0.2) is 13.1 Å². The molecular weight excluding hydrogens is 284 g/mol. The van der Waals surface area contributed by atoms with Crippen molar-refractivity contribution in [3.63, 3.8) is 0 Å². The van der Waals surface area contributed by atoms with Crippen molar-refractivity contribution in [1.29, 1.82) is 0 Å². The Morgan fingerprint density at radius 2 is 2.05 bits per heavy atom. The molecule has 0 spiro atoms. The van der Waals surface area contributed by atoms with Crippen LogP contribution in [-0.4, -0.2) is 15.0 Å². The van der Waals surface area contributed by atoms with E-state index in [1.165, 1.54) is 25.7 Å². The smallest absolute Gasteiger partial charge is 0.240 e. The zero-order chi connectivity index (χ0) is 15.1. The lowest BCUT2D eigenvalue weighted by atomic mass is 10.0. The Morgan fingerprint density at radius 1 is 1.33 bits per heavy atom. The highest BCUT2D eigenvalue weighted by Crippen LogP contribution is 2.60. The van der Waals surface area contributed by atoms with E-state index in [-0.39, 0.29) is 5.41 Å². The molecule has 0 heterocycles. The summed E-state index contributed by atoms with van der Waals surface area (Å²) in [6.07, 6.45) is 5.58. The number of aryl methyl sites for hydroxylation is 1. The maximum absolute atomic E-state index is 12.6. The third-order valence-electron chi connectivity index (χ3n) is 4.99. The first-order chi connectivity index (χ1) is 10.0. The molecule has 1 aromatic carbocycles. The summed E-state index contributed by atoms with van der Waals surface area (Å²) >= 11 is 0. The molecule has 21 heavy (non-hydrogen) atoms. The zero-order valence-corrected chi connectivity index (χ0v) is 13.4. The van der Waals surface area contributed by atoms with Gasteiger partial charge >= 0.3 is 0 Å². The van der Waals surface area contributed by atoms with Crippen LogP contribution in [0.4, 0.5) is 0 Å². The number of nitrogens with one attached hydrogen (secondary N) is 1. The predicted molar refractivity (Wildman–Crippen MR) is 83.3 cm³/mol. The molecule has 5 heteroatoms. The highest BCUT2D eigenvalue weighted by atomic mass is 32.2. The predicted octanol–water partition coefficient (Wildman–Crippen LogP) is 2.18. The first-order valence-electron chi connectivity index (χ1n) is 7.82. The quantitative estimate of drug-likeness (QED) is 0.811. The Morgan fingerprint density at radius 3 is 2.57 bits per heavy atom. The lowest BCUT2D eigenvalue weighted by Crippen LogP contribution is -2.32. The molecule has 0 bridgehead atoms. The fourth-order valence-electron chi connectivity index (χ4n) is 3.17. The molecule has 116 valence electrons. The molecule has 0 radical (unpaired) electrons. The van der Waals surface area contributed by atoms with Crippen LogP contribution in [0.2, 0.25) is 0 Å². The van der Waals surface area contributed by atoms with Crippen LogP contribution in [0, 0.1) is 11.3 Å². The molecular formula is C16H24N2O2S. The summed E-state index contributed by atoms with van der Waals surface area (Å²) in [6.45, 7) is 2.93. The molecule has 0 unspecified atom stereocenters. The van der Waals surface area contributed by atoms with E-state index in [1.54, 1.807) is 6.07 Å². The Bertz CT molecular complexity index is 632. The summed E-state index contributed by atoms with van der Waals surface area (Å²) in [5.41, 5.74) is 7.62. The van der Waals surface area contributed by atoms with Gasteiger partial charge in [0.1, 0.15) is 0 Å². The van der Waals surface area contributed by atoms with Gasteiger partial charge in [0, 0.05) is 13.1 Å². The van der Waals surface area contributed by atoms with Gasteiger partial charge in [-0.2, -0.15) is 0 Å². The van der Waals surface area contributed by atoms with Crippen LogP contribution in [0.15, 0.2) is 23.1 Å². The Labute approximate surface area is 127 Å². The molecule has 4 nitrogen and oxygen atoms in total. The van der Waals surface area contributed by atoms with Crippen molar-refractivity contribution in [2.75, 3.05) is 6.54 Å². The summed E-state index contributed by atoms with van der Waals surface area (Å²) in [7, 11) is -3.44. The molecule has 0 aromatic heterocycles. The topological polar surface area (TPSA) is 72.2 Å². The molecule has 3 rings (SSSR count). The monoisotopic (exact) mass is 308 g/mol. The van der Waals surface area contributed by atoms with Crippen molar-refractivity contribution in [3.8, 4) is 0 Å². The van der Waals surface area contributed by atoms with Gasteiger partial charge in [0.25, 0.3) is 0 Å². The fraction of sp³-hybridized carbons (Fsp3) is 0.625. The number of sulfonamides is 1. The lowest BCUT2D eigenvalue weighted by molar-refractivity contribution is 0.431. The summed E-state index contributed by atoms with van der Waals surface area (Å²) in [5, 5.41) is 0. The van der Waals surface area contributed by atoms with Crippen molar-refractivity contribution >= 4 is 10.0 Å². The first kappa shape index (κ1) is 15.0. The second kappa shape index (κ2) is 5.38. The van der Waals surface area contributed by atoms with Crippen molar-refractivity contribution in [2.24, 2.45) is 17.1 Å². The molecule has 1 aromatic rings. The van der Waals surface area contributed by atoms with Gasteiger partial charge in [0.2, 0.25) is 10.0 Å². The van der Waals surface area contributed by atoms with E-state index in [1.807, 2.05) is 19.1 Å². The van der Waals surface area contributed by atoms with Gasteiger partial charge in [-0.05, 0) is 60.6 Å². The molecule has 2 fully saturated rings. The second-order valence-corrected chi connectivity index (χ2v) is 8.20. The van der Waals surface area contributed by atoms with Crippen molar-refractivity contribution in [2.45, 2.75) is 50.5 Å². The standard InChI is InChI=1S/C16H24N2O2S/c1-2-13-4-3-12(10-17)9-15(13)21(19,20)18-11-16(7-8-16)14-5-6-14/h3-4,9,14,18H,2,5-8,10-11,17H2,1H3. The maximum atomic E-state index is 12.6. The van der Waals surface area contributed by atoms with Gasteiger partial charge in [-0.1, -0.05) is 19.1 Å². The summed E-state index contributed by atoms with van der Waals surface area (Å²) in [4.78, 5) is 0.402. The van der Waals surface area contributed by atoms with Crippen LogP contribution in [0.1, 0.15) is 43.7 Å². The first-order valence-corrected chi connectivity index (χ1v) is 9.30. The van der Waals surface area contributed by atoms with Gasteiger partial charge in [-0.3, -0.25) is 0 Å². The van der Waals surface area contributed by atoms with E-state index >= 15 is 0 Å². The van der Waals surface area contributed by atoms with Crippen molar-refractivity contribution in [1.82, 2.24) is 4.72 Å². The summed E-state index contributed by atoms with van der Waals surface area (Å²) in [5.74, 6) is 0.751. The van der Waals surface area contributed by atoms with Crippen molar-refractivity contribution in [3.05, 3.63) is 29.3 Å².